The number of pyridine rings is 1. The Balaban J connectivity index is 2.26. The lowest BCUT2D eigenvalue weighted by atomic mass is 10.5. The van der Waals surface area contributed by atoms with Crippen LogP contribution in [0.5, 0.6) is 0 Å². The smallest absolute Gasteiger partial charge is 0.190 e. The zero-order chi connectivity index (χ0) is 12.1. The van der Waals surface area contributed by atoms with Crippen LogP contribution in [0.3, 0.4) is 0 Å². The predicted octanol–water partition coefficient (Wildman–Crippen LogP) is 2.03. The largest absolute Gasteiger partial charge is 0.308 e. The second kappa shape index (κ2) is 5.85. The van der Waals surface area contributed by atoms with E-state index >= 15 is 0 Å². The summed E-state index contributed by atoms with van der Waals surface area (Å²) in [6.07, 6.45) is 3.67. The van der Waals surface area contributed by atoms with Crippen LogP contribution in [0.1, 0.15) is 0 Å². The summed E-state index contributed by atoms with van der Waals surface area (Å²) in [5, 5.41) is 2.39. The molecule has 0 aliphatic heterocycles. The lowest BCUT2D eigenvalue weighted by Crippen LogP contribution is -2.09. The molecule has 7 heteroatoms. The molecule has 17 heavy (non-hydrogen) atoms. The molecule has 0 aliphatic carbocycles. The molecule has 0 atom stereocenters. The van der Waals surface area contributed by atoms with Gasteiger partial charge in [-0.05, 0) is 30.2 Å². The van der Waals surface area contributed by atoms with Gasteiger partial charge < -0.3 is 5.43 Å². The molecule has 88 valence electrons. The molecule has 0 aromatic carbocycles. The van der Waals surface area contributed by atoms with Crippen molar-refractivity contribution in [2.24, 2.45) is 5.84 Å². The first-order chi connectivity index (χ1) is 8.31. The highest BCUT2D eigenvalue weighted by Crippen LogP contribution is 2.26. The van der Waals surface area contributed by atoms with Crippen LogP contribution in [0.4, 0.5) is 5.82 Å². The Morgan fingerprint density at radius 3 is 2.76 bits per heavy atom. The van der Waals surface area contributed by atoms with Crippen molar-refractivity contribution in [2.75, 3.05) is 11.7 Å². The minimum Gasteiger partial charge on any atom is -0.308 e. The van der Waals surface area contributed by atoms with Gasteiger partial charge in [0, 0.05) is 12.3 Å². The van der Waals surface area contributed by atoms with Crippen molar-refractivity contribution in [2.45, 2.75) is 15.2 Å². The monoisotopic (exact) mass is 265 g/mol. The Morgan fingerprint density at radius 1 is 1.24 bits per heavy atom. The Kier molecular flexibility index (Phi) is 4.18. The second-order valence-corrected chi connectivity index (χ2v) is 4.81. The highest BCUT2D eigenvalue weighted by molar-refractivity contribution is 7.99. The van der Waals surface area contributed by atoms with Gasteiger partial charge in [-0.1, -0.05) is 17.8 Å². The average Bonchev–Trinajstić information content (AvgIpc) is 2.39. The molecule has 0 bridgehead atoms. The first-order valence-electron chi connectivity index (χ1n) is 4.80. The summed E-state index contributed by atoms with van der Waals surface area (Å²) in [6.45, 7) is 0. The van der Waals surface area contributed by atoms with Crippen molar-refractivity contribution < 1.29 is 0 Å². The van der Waals surface area contributed by atoms with E-state index in [-0.39, 0.29) is 0 Å². The Hall–Kier alpha value is -1.31. The first kappa shape index (κ1) is 12.2. The van der Waals surface area contributed by atoms with Gasteiger partial charge in [0.1, 0.15) is 15.9 Å². The number of rotatable bonds is 4. The molecule has 2 aromatic heterocycles. The zero-order valence-electron chi connectivity index (χ0n) is 9.12. The maximum Gasteiger partial charge on any atom is 0.190 e. The van der Waals surface area contributed by atoms with Gasteiger partial charge in [-0.2, -0.15) is 0 Å². The topological polar surface area (TPSA) is 76.7 Å². The van der Waals surface area contributed by atoms with Crippen LogP contribution in [0.15, 0.2) is 45.7 Å². The molecule has 0 fully saturated rings. The van der Waals surface area contributed by atoms with Crippen molar-refractivity contribution in [3.63, 3.8) is 0 Å². The Labute approximate surface area is 108 Å². The van der Waals surface area contributed by atoms with Crippen molar-refractivity contribution in [1.29, 1.82) is 0 Å². The highest BCUT2D eigenvalue weighted by Gasteiger charge is 2.05. The van der Waals surface area contributed by atoms with E-state index < -0.39 is 0 Å². The molecule has 0 unspecified atom stereocenters. The zero-order valence-corrected chi connectivity index (χ0v) is 10.8. The number of hydrazine groups is 1. The number of aromatic nitrogens is 3. The molecular weight excluding hydrogens is 254 g/mol. The van der Waals surface area contributed by atoms with Gasteiger partial charge >= 0.3 is 0 Å². The number of nitrogens with two attached hydrogens (primary N) is 1. The summed E-state index contributed by atoms with van der Waals surface area (Å²) in [7, 11) is 0. The number of anilines is 1. The van der Waals surface area contributed by atoms with Crippen molar-refractivity contribution in [1.82, 2.24) is 15.0 Å². The van der Waals surface area contributed by atoms with E-state index in [9.17, 15) is 0 Å². The van der Waals surface area contributed by atoms with Crippen LogP contribution in [0.2, 0.25) is 0 Å². The fraction of sp³-hybridized carbons (Fsp3) is 0.100. The summed E-state index contributed by atoms with van der Waals surface area (Å²) in [6, 6.07) is 7.54. The Morgan fingerprint density at radius 2 is 2.12 bits per heavy atom. The lowest BCUT2D eigenvalue weighted by Gasteiger charge is -2.05. The fourth-order valence-corrected chi connectivity index (χ4v) is 2.35. The molecular formula is C10H11N5S2. The molecule has 0 radical (unpaired) electrons. The number of hydrogen-bond donors (Lipinski definition) is 2. The summed E-state index contributed by atoms with van der Waals surface area (Å²) in [5.41, 5.74) is 2.53. The van der Waals surface area contributed by atoms with Gasteiger partial charge in [-0.25, -0.2) is 20.8 Å². The number of nitrogens with zero attached hydrogens (tertiary/aromatic N) is 3. The molecule has 0 amide bonds. The van der Waals surface area contributed by atoms with Gasteiger partial charge in [0.2, 0.25) is 0 Å². The summed E-state index contributed by atoms with van der Waals surface area (Å²) >= 11 is 2.95. The molecule has 0 saturated heterocycles. The number of hydrogen-bond acceptors (Lipinski definition) is 7. The fourth-order valence-electron chi connectivity index (χ4n) is 1.14. The third-order valence-electron chi connectivity index (χ3n) is 1.86. The maximum absolute atomic E-state index is 5.36. The SMILES string of the molecule is CSc1nc(NN)cc(Sc2ccccn2)n1. The normalized spacial score (nSPS) is 10.2. The predicted molar refractivity (Wildman–Crippen MR) is 70.0 cm³/mol. The van der Waals surface area contributed by atoms with E-state index in [1.54, 1.807) is 12.3 Å². The lowest BCUT2D eigenvalue weighted by molar-refractivity contribution is 0.891. The number of nitrogen functional groups attached to an aromatic ring is 1. The minimum atomic E-state index is 0.600. The third kappa shape index (κ3) is 3.32. The summed E-state index contributed by atoms with van der Waals surface area (Å²) in [5.74, 6) is 5.96. The van der Waals surface area contributed by atoms with Crippen molar-refractivity contribution in [3.05, 3.63) is 30.5 Å². The van der Waals surface area contributed by atoms with E-state index in [2.05, 4.69) is 20.4 Å². The van der Waals surface area contributed by atoms with Gasteiger partial charge in [0.25, 0.3) is 0 Å². The molecule has 0 aliphatic rings. The van der Waals surface area contributed by atoms with E-state index in [4.69, 9.17) is 5.84 Å². The van der Waals surface area contributed by atoms with Gasteiger partial charge in [-0.15, -0.1) is 0 Å². The first-order valence-corrected chi connectivity index (χ1v) is 6.84. The number of nitrogens with one attached hydrogen (secondary N) is 1. The standard InChI is InChI=1S/C10H11N5S2/c1-16-10-13-7(15-11)6-9(14-10)17-8-4-2-3-5-12-8/h2-6H,11H2,1H3,(H,13,14,15). The van der Waals surface area contributed by atoms with Crippen LogP contribution < -0.4 is 11.3 Å². The van der Waals surface area contributed by atoms with Crippen molar-refractivity contribution >= 4 is 29.3 Å². The molecule has 5 nitrogen and oxygen atoms in total. The van der Waals surface area contributed by atoms with Crippen LogP contribution >= 0.6 is 23.5 Å². The molecule has 2 rings (SSSR count). The van der Waals surface area contributed by atoms with E-state index in [0.717, 1.165) is 10.1 Å². The molecule has 0 saturated carbocycles. The van der Waals surface area contributed by atoms with Crippen LogP contribution in [-0.2, 0) is 0 Å². The third-order valence-corrected chi connectivity index (χ3v) is 3.28. The van der Waals surface area contributed by atoms with Crippen LogP contribution in [0.25, 0.3) is 0 Å². The molecule has 3 N–H and O–H groups in total. The van der Waals surface area contributed by atoms with Gasteiger partial charge in [0.05, 0.1) is 0 Å². The molecule has 0 spiro atoms. The minimum absolute atomic E-state index is 0.600. The van der Waals surface area contributed by atoms with Gasteiger partial charge in [-0.3, -0.25) is 0 Å². The molecule has 2 aromatic rings. The Bertz CT molecular complexity index is 469. The summed E-state index contributed by atoms with van der Waals surface area (Å²) < 4.78 is 0. The second-order valence-electron chi connectivity index (χ2n) is 2.99. The molecule has 2 heterocycles. The van der Waals surface area contributed by atoms with Crippen LogP contribution in [0, 0.1) is 0 Å². The highest BCUT2D eigenvalue weighted by atomic mass is 32.2. The van der Waals surface area contributed by atoms with E-state index in [0.29, 0.717) is 11.0 Å². The van der Waals surface area contributed by atoms with Gasteiger partial charge in [0.15, 0.2) is 5.16 Å². The summed E-state index contributed by atoms with van der Waals surface area (Å²) in [4.78, 5) is 12.8. The van der Waals surface area contributed by atoms with E-state index in [1.165, 1.54) is 23.5 Å². The number of thioether (sulfide) groups is 1. The maximum atomic E-state index is 5.36. The quantitative estimate of drug-likeness (QED) is 0.288. The average molecular weight is 265 g/mol. The van der Waals surface area contributed by atoms with E-state index in [1.807, 2.05) is 24.5 Å². The van der Waals surface area contributed by atoms with Crippen LogP contribution in [-0.4, -0.2) is 21.2 Å². The van der Waals surface area contributed by atoms with Crippen molar-refractivity contribution in [3.8, 4) is 0 Å².